The Bertz CT molecular complexity index is 665. The van der Waals surface area contributed by atoms with Crippen LogP contribution in [-0.4, -0.2) is 33.8 Å². The van der Waals surface area contributed by atoms with Gasteiger partial charge in [0.2, 0.25) is 5.91 Å². The lowest BCUT2D eigenvalue weighted by Crippen LogP contribution is -2.43. The van der Waals surface area contributed by atoms with Crippen LogP contribution in [0, 0.1) is 5.82 Å². The van der Waals surface area contributed by atoms with Crippen molar-refractivity contribution in [2.75, 3.05) is 5.75 Å². The van der Waals surface area contributed by atoms with Gasteiger partial charge >= 0.3 is 5.97 Å². The second kappa shape index (κ2) is 8.28. The maximum absolute atomic E-state index is 12.9. The maximum Gasteiger partial charge on any atom is 0.326 e. The van der Waals surface area contributed by atoms with Gasteiger partial charge in [-0.15, -0.1) is 0 Å². The van der Waals surface area contributed by atoms with E-state index in [0.29, 0.717) is 10.6 Å². The van der Waals surface area contributed by atoms with Crippen LogP contribution in [0.25, 0.3) is 0 Å². The summed E-state index contributed by atoms with van der Waals surface area (Å²) in [4.78, 5) is 27.2. The van der Waals surface area contributed by atoms with Crippen molar-refractivity contribution in [2.45, 2.75) is 17.5 Å². The summed E-state index contributed by atoms with van der Waals surface area (Å²) in [6.07, 6.45) is 1.71. The van der Waals surface area contributed by atoms with Crippen LogP contribution in [0.15, 0.2) is 53.7 Å². The number of nitrogens with zero attached hydrogens (tertiary/aromatic N) is 1. The normalized spacial score (nSPS) is 11.7. The van der Waals surface area contributed by atoms with Gasteiger partial charge in [0.05, 0.1) is 10.8 Å². The highest BCUT2D eigenvalue weighted by molar-refractivity contribution is 7.99. The van der Waals surface area contributed by atoms with E-state index in [0.717, 1.165) is 0 Å². The van der Waals surface area contributed by atoms with Crippen molar-refractivity contribution in [1.29, 1.82) is 0 Å². The number of pyridine rings is 1. The molecule has 23 heavy (non-hydrogen) atoms. The average Bonchev–Trinajstić information content (AvgIpc) is 2.55. The molecule has 1 amide bonds. The van der Waals surface area contributed by atoms with Gasteiger partial charge < -0.3 is 10.4 Å². The fourth-order valence-corrected chi connectivity index (χ4v) is 2.54. The lowest BCUT2D eigenvalue weighted by molar-refractivity contribution is -0.141. The minimum absolute atomic E-state index is 0.0736. The summed E-state index contributed by atoms with van der Waals surface area (Å²) < 4.78 is 12.9. The number of carboxylic acid groups (broad SMARTS) is 1. The summed E-state index contributed by atoms with van der Waals surface area (Å²) in [5.74, 6) is -1.85. The molecule has 0 bridgehead atoms. The third kappa shape index (κ3) is 5.71. The first-order valence-corrected chi connectivity index (χ1v) is 7.83. The molecular formula is C16H15FN2O3S. The molecule has 0 radical (unpaired) electrons. The van der Waals surface area contributed by atoms with Crippen molar-refractivity contribution in [3.8, 4) is 0 Å². The number of benzene rings is 1. The summed E-state index contributed by atoms with van der Waals surface area (Å²) in [6, 6.07) is 9.80. The number of amides is 1. The van der Waals surface area contributed by atoms with Crippen LogP contribution in [0.5, 0.6) is 0 Å². The van der Waals surface area contributed by atoms with E-state index >= 15 is 0 Å². The number of aromatic nitrogens is 1. The Balaban J connectivity index is 1.89. The zero-order valence-corrected chi connectivity index (χ0v) is 12.9. The Morgan fingerprint density at radius 1 is 1.22 bits per heavy atom. The minimum Gasteiger partial charge on any atom is -0.480 e. The second-order valence-electron chi connectivity index (χ2n) is 4.75. The van der Waals surface area contributed by atoms with Crippen molar-refractivity contribution in [3.63, 3.8) is 0 Å². The van der Waals surface area contributed by atoms with Gasteiger partial charge in [0.25, 0.3) is 0 Å². The minimum atomic E-state index is -1.13. The molecule has 1 aromatic carbocycles. The second-order valence-corrected chi connectivity index (χ2v) is 5.74. The largest absolute Gasteiger partial charge is 0.480 e. The first kappa shape index (κ1) is 17.0. The summed E-state index contributed by atoms with van der Waals surface area (Å²) in [5.41, 5.74) is 0.636. The van der Waals surface area contributed by atoms with Gasteiger partial charge in [-0.1, -0.05) is 30.0 Å². The van der Waals surface area contributed by atoms with Crippen LogP contribution in [0.4, 0.5) is 4.39 Å². The summed E-state index contributed by atoms with van der Waals surface area (Å²) in [6.45, 7) is 0. The van der Waals surface area contributed by atoms with Crippen molar-refractivity contribution >= 4 is 23.6 Å². The number of carbonyl (C=O) groups excluding carboxylic acids is 1. The molecule has 120 valence electrons. The molecule has 5 nitrogen and oxygen atoms in total. The molecule has 2 N–H and O–H groups in total. The molecule has 0 aliphatic carbocycles. The molecule has 1 unspecified atom stereocenters. The highest BCUT2D eigenvalue weighted by Crippen LogP contribution is 2.13. The Labute approximate surface area is 136 Å². The number of nitrogens with one attached hydrogen (secondary N) is 1. The van der Waals surface area contributed by atoms with Gasteiger partial charge in [0.15, 0.2) is 0 Å². The van der Waals surface area contributed by atoms with Crippen LogP contribution >= 0.6 is 11.8 Å². The molecule has 0 spiro atoms. The van der Waals surface area contributed by atoms with Crippen LogP contribution in [0.3, 0.4) is 0 Å². The Hall–Kier alpha value is -2.41. The molecule has 0 saturated carbocycles. The number of hydrogen-bond acceptors (Lipinski definition) is 4. The van der Waals surface area contributed by atoms with E-state index in [4.69, 9.17) is 0 Å². The summed E-state index contributed by atoms with van der Waals surface area (Å²) in [5, 5.41) is 12.4. The highest BCUT2D eigenvalue weighted by atomic mass is 32.2. The third-order valence-electron chi connectivity index (χ3n) is 2.98. The molecule has 0 fully saturated rings. The van der Waals surface area contributed by atoms with E-state index in [9.17, 15) is 19.1 Å². The first-order valence-electron chi connectivity index (χ1n) is 6.85. The van der Waals surface area contributed by atoms with Crippen LogP contribution in [0.2, 0.25) is 0 Å². The van der Waals surface area contributed by atoms with E-state index in [-0.39, 0.29) is 12.2 Å². The van der Waals surface area contributed by atoms with E-state index in [1.54, 1.807) is 18.3 Å². The maximum atomic E-state index is 12.9. The molecule has 1 aromatic heterocycles. The summed E-state index contributed by atoms with van der Waals surface area (Å²) in [7, 11) is 0. The molecule has 0 aliphatic heterocycles. The number of thioether (sulfide) groups is 1. The fourth-order valence-electron chi connectivity index (χ4n) is 1.86. The van der Waals surface area contributed by atoms with Crippen molar-refractivity contribution < 1.29 is 19.1 Å². The van der Waals surface area contributed by atoms with Crippen LogP contribution < -0.4 is 5.32 Å². The molecule has 1 atom stereocenters. The van der Waals surface area contributed by atoms with E-state index in [1.165, 1.54) is 36.0 Å². The zero-order chi connectivity index (χ0) is 16.7. The SMILES string of the molecule is O=C(CSc1ccccn1)NC(Cc1ccc(F)cc1)C(=O)O. The van der Waals surface area contributed by atoms with Gasteiger partial charge in [-0.25, -0.2) is 14.2 Å². The quantitative estimate of drug-likeness (QED) is 0.758. The lowest BCUT2D eigenvalue weighted by atomic mass is 10.1. The lowest BCUT2D eigenvalue weighted by Gasteiger charge is -2.14. The van der Waals surface area contributed by atoms with E-state index in [1.807, 2.05) is 6.07 Å². The molecule has 0 saturated heterocycles. The molecular weight excluding hydrogens is 319 g/mol. The van der Waals surface area contributed by atoms with Crippen molar-refractivity contribution in [3.05, 3.63) is 60.0 Å². The number of carbonyl (C=O) groups is 2. The number of hydrogen-bond donors (Lipinski definition) is 2. The van der Waals surface area contributed by atoms with Gasteiger partial charge in [-0.2, -0.15) is 0 Å². The average molecular weight is 334 g/mol. The fraction of sp³-hybridized carbons (Fsp3) is 0.188. The Morgan fingerprint density at radius 3 is 2.57 bits per heavy atom. The summed E-state index contributed by atoms with van der Waals surface area (Å²) >= 11 is 1.22. The van der Waals surface area contributed by atoms with Crippen LogP contribution in [-0.2, 0) is 16.0 Å². The van der Waals surface area contributed by atoms with E-state index < -0.39 is 23.7 Å². The van der Waals surface area contributed by atoms with Crippen molar-refractivity contribution in [2.24, 2.45) is 0 Å². The van der Waals surface area contributed by atoms with Crippen LogP contribution in [0.1, 0.15) is 5.56 Å². The Kier molecular flexibility index (Phi) is 6.10. The predicted octanol–water partition coefficient (Wildman–Crippen LogP) is 2.12. The third-order valence-corrected chi connectivity index (χ3v) is 3.92. The van der Waals surface area contributed by atoms with Gasteiger partial charge in [-0.05, 0) is 29.8 Å². The molecule has 1 heterocycles. The van der Waals surface area contributed by atoms with Gasteiger partial charge in [0, 0.05) is 12.6 Å². The first-order chi connectivity index (χ1) is 11.0. The molecule has 0 aliphatic rings. The van der Waals surface area contributed by atoms with E-state index in [2.05, 4.69) is 10.3 Å². The predicted molar refractivity (Wildman–Crippen MR) is 84.6 cm³/mol. The number of aliphatic carboxylic acids is 1. The number of carboxylic acids is 1. The number of halogens is 1. The topological polar surface area (TPSA) is 79.3 Å². The number of rotatable bonds is 7. The zero-order valence-electron chi connectivity index (χ0n) is 12.1. The smallest absolute Gasteiger partial charge is 0.326 e. The molecule has 7 heteroatoms. The highest BCUT2D eigenvalue weighted by Gasteiger charge is 2.20. The monoisotopic (exact) mass is 334 g/mol. The van der Waals surface area contributed by atoms with Gasteiger partial charge in [0.1, 0.15) is 11.9 Å². The van der Waals surface area contributed by atoms with Crippen molar-refractivity contribution in [1.82, 2.24) is 10.3 Å². The van der Waals surface area contributed by atoms with Gasteiger partial charge in [-0.3, -0.25) is 4.79 Å². The standard InChI is InChI=1S/C16H15FN2O3S/c17-12-6-4-11(5-7-12)9-13(16(21)22)19-14(20)10-23-15-3-1-2-8-18-15/h1-8,13H,9-10H2,(H,19,20)(H,21,22). The Morgan fingerprint density at radius 2 is 1.96 bits per heavy atom. The molecule has 2 aromatic rings. The molecule has 2 rings (SSSR count).